The van der Waals surface area contributed by atoms with Crippen molar-refractivity contribution in [3.63, 3.8) is 0 Å². The summed E-state index contributed by atoms with van der Waals surface area (Å²) in [6.07, 6.45) is 0. The fraction of sp³-hybridized carbons (Fsp3) is 0. The van der Waals surface area contributed by atoms with Crippen molar-refractivity contribution in [2.75, 3.05) is 0 Å². The Labute approximate surface area is 67.6 Å². The van der Waals surface area contributed by atoms with E-state index < -0.39 is 0 Å². The fourth-order valence-corrected chi connectivity index (χ4v) is 1.33. The van der Waals surface area contributed by atoms with Gasteiger partial charge in [0.1, 0.15) is 13.2 Å². The molecule has 0 amide bonds. The number of rotatable bonds is 1. The summed E-state index contributed by atoms with van der Waals surface area (Å²) in [5.74, 6) is 0. The highest BCUT2D eigenvalue weighted by atomic mass is 35.7. The quantitative estimate of drug-likeness (QED) is 0.481. The molecule has 1 unspecified atom stereocenters. The zero-order valence-electron chi connectivity index (χ0n) is 4.72. The van der Waals surface area contributed by atoms with Gasteiger partial charge in [0.05, 0.1) is 11.2 Å². The highest BCUT2D eigenvalue weighted by molar-refractivity contribution is 7.74. The van der Waals surface area contributed by atoms with Crippen LogP contribution in [0.5, 0.6) is 0 Å². The number of benzene rings is 1. The first-order chi connectivity index (χ1) is 3.93. The third-order valence-electron chi connectivity index (χ3n) is 0.926. The van der Waals surface area contributed by atoms with Crippen LogP contribution in [-0.4, -0.2) is 0 Å². The van der Waals surface area contributed by atoms with E-state index in [2.05, 4.69) is 0 Å². The summed E-state index contributed by atoms with van der Waals surface area (Å²) in [6, 6.07) is 10.1. The molecule has 0 saturated heterocycles. The van der Waals surface area contributed by atoms with Crippen molar-refractivity contribution in [3.8, 4) is 0 Å². The van der Waals surface area contributed by atoms with Crippen LogP contribution in [0.25, 0.3) is 0 Å². The van der Waals surface area contributed by atoms with E-state index in [4.69, 9.17) is 11.2 Å². The zero-order chi connectivity index (χ0) is 5.82. The summed E-state index contributed by atoms with van der Waals surface area (Å²) in [6.45, 7) is 0. The molecule has 1 atom stereocenters. The first kappa shape index (κ1) is 9.23. The van der Waals surface area contributed by atoms with Crippen LogP contribution < -0.4 is 17.7 Å². The number of hydrogen-bond donors (Lipinski definition) is 0. The molecule has 0 saturated carbocycles. The highest BCUT2D eigenvalue weighted by Gasteiger charge is 1.90. The van der Waals surface area contributed by atoms with Crippen LogP contribution in [0.1, 0.15) is 0 Å². The van der Waals surface area contributed by atoms with E-state index in [9.17, 15) is 0 Å². The number of halogens is 2. The van der Waals surface area contributed by atoms with Gasteiger partial charge in [0.25, 0.3) is 0 Å². The second-order valence-electron chi connectivity index (χ2n) is 1.52. The Kier molecular flexibility index (Phi) is 5.18. The van der Waals surface area contributed by atoms with Crippen LogP contribution in [0.3, 0.4) is 0 Å². The van der Waals surface area contributed by atoms with Gasteiger partial charge in [-0.3, -0.25) is 0 Å². The lowest BCUT2D eigenvalue weighted by molar-refractivity contribution is -0.00000142. The van der Waals surface area contributed by atoms with E-state index in [1.165, 1.54) is 5.30 Å². The molecule has 0 N–H and O–H groups in total. The molecule has 0 bridgehead atoms. The molecule has 1 aromatic rings. The molecule has 0 heterocycles. The Hall–Kier alpha value is 0.230. The molecule has 0 nitrogen and oxygen atoms in total. The minimum atomic E-state index is -0.0171. The van der Waals surface area contributed by atoms with Gasteiger partial charge < -0.3 is 12.4 Å². The Bertz CT molecular complexity index is 152. The lowest BCUT2D eigenvalue weighted by atomic mass is 10.4. The third-order valence-corrected chi connectivity index (χ3v) is 2.32. The molecule has 0 aromatic heterocycles. The lowest BCUT2D eigenvalue weighted by Gasteiger charge is -1.81. The molecule has 0 aliphatic rings. The molecule has 0 aliphatic carbocycles. The van der Waals surface area contributed by atoms with Crippen molar-refractivity contribution in [2.45, 2.75) is 0 Å². The van der Waals surface area contributed by atoms with Gasteiger partial charge >= 0.3 is 0 Å². The van der Waals surface area contributed by atoms with Gasteiger partial charge in [-0.2, -0.15) is 0 Å². The van der Waals surface area contributed by atoms with Crippen LogP contribution >= 0.6 is 19.2 Å². The third kappa shape index (κ3) is 3.05. The summed E-state index contributed by atoms with van der Waals surface area (Å²) >= 11 is 5.61. The smallest absolute Gasteiger partial charge is 0.120 e. The Morgan fingerprint density at radius 1 is 1.11 bits per heavy atom. The first-order valence-electron chi connectivity index (χ1n) is 2.42. The van der Waals surface area contributed by atoms with Crippen LogP contribution in [0.15, 0.2) is 30.3 Å². The normalized spacial score (nSPS) is 9.44. The summed E-state index contributed by atoms with van der Waals surface area (Å²) in [7, 11) is -0.0171. The second kappa shape index (κ2) is 5.05. The molecular weight excluding hydrogens is 174 g/mol. The van der Waals surface area contributed by atoms with Gasteiger partial charge in [0, 0.05) is 0 Å². The zero-order valence-corrected chi connectivity index (χ0v) is 7.39. The molecule has 0 radical (unpaired) electrons. The minimum absolute atomic E-state index is 0. The van der Waals surface area contributed by atoms with E-state index in [1.54, 1.807) is 0 Å². The fourth-order valence-electron chi connectivity index (χ4n) is 0.526. The first-order valence-corrected chi connectivity index (χ1v) is 4.74. The molecular formula is C6H7Cl2P. The Morgan fingerprint density at radius 2 is 1.67 bits per heavy atom. The molecule has 0 fully saturated rings. The van der Waals surface area contributed by atoms with Gasteiger partial charge in [0.15, 0.2) is 0 Å². The van der Waals surface area contributed by atoms with Gasteiger partial charge in [-0.15, -0.1) is 0 Å². The molecule has 1 aromatic carbocycles. The molecule has 50 valence electrons. The van der Waals surface area contributed by atoms with Crippen molar-refractivity contribution < 1.29 is 12.4 Å². The lowest BCUT2D eigenvalue weighted by Crippen LogP contribution is -3.00. The summed E-state index contributed by atoms with van der Waals surface area (Å²) in [4.78, 5) is 0. The summed E-state index contributed by atoms with van der Waals surface area (Å²) < 4.78 is 0. The Balaban J connectivity index is 0.000000640. The highest BCUT2D eigenvalue weighted by Crippen LogP contribution is 2.13. The van der Waals surface area contributed by atoms with Gasteiger partial charge in [-0.1, -0.05) is 18.2 Å². The van der Waals surface area contributed by atoms with Crippen LogP contribution in [0, 0.1) is 0 Å². The largest absolute Gasteiger partial charge is 1.00 e. The van der Waals surface area contributed by atoms with Crippen LogP contribution in [0.2, 0.25) is 0 Å². The SMILES string of the molecule is Cl[PH2+]c1ccccc1.[Cl-]. The predicted octanol–water partition coefficient (Wildman–Crippen LogP) is -1.12. The summed E-state index contributed by atoms with van der Waals surface area (Å²) in [5.41, 5.74) is 0. The van der Waals surface area contributed by atoms with Crippen molar-refractivity contribution in [1.29, 1.82) is 0 Å². The molecule has 9 heavy (non-hydrogen) atoms. The summed E-state index contributed by atoms with van der Waals surface area (Å²) in [5, 5.41) is 1.26. The standard InChI is InChI=1S/C6H6ClP.ClH/c7-8-6-4-2-1-3-5-6;/h1-5,8H;1H. The predicted molar refractivity (Wildman–Crippen MR) is 41.6 cm³/mol. The van der Waals surface area contributed by atoms with Gasteiger partial charge in [0.2, 0.25) is 0 Å². The Morgan fingerprint density at radius 3 is 2.00 bits per heavy atom. The topological polar surface area (TPSA) is 0 Å². The van der Waals surface area contributed by atoms with E-state index in [0.717, 1.165) is 0 Å². The minimum Gasteiger partial charge on any atom is -1.00 e. The van der Waals surface area contributed by atoms with E-state index in [1.807, 2.05) is 30.3 Å². The van der Waals surface area contributed by atoms with Crippen molar-refractivity contribution in [3.05, 3.63) is 30.3 Å². The van der Waals surface area contributed by atoms with Crippen molar-refractivity contribution in [1.82, 2.24) is 0 Å². The van der Waals surface area contributed by atoms with Gasteiger partial charge in [-0.25, -0.2) is 0 Å². The second-order valence-corrected chi connectivity index (χ2v) is 3.06. The average molecular weight is 181 g/mol. The number of hydrogen-bond acceptors (Lipinski definition) is 0. The molecule has 1 rings (SSSR count). The van der Waals surface area contributed by atoms with Crippen LogP contribution in [0.4, 0.5) is 0 Å². The maximum Gasteiger partial charge on any atom is 0.120 e. The van der Waals surface area contributed by atoms with E-state index >= 15 is 0 Å². The monoisotopic (exact) mass is 180 g/mol. The molecule has 0 aliphatic heterocycles. The van der Waals surface area contributed by atoms with Crippen molar-refractivity contribution in [2.24, 2.45) is 0 Å². The van der Waals surface area contributed by atoms with Crippen LogP contribution in [-0.2, 0) is 0 Å². The molecule has 3 heteroatoms. The maximum absolute atomic E-state index is 5.61. The maximum atomic E-state index is 5.61. The van der Waals surface area contributed by atoms with Crippen molar-refractivity contribution >= 4 is 24.5 Å². The van der Waals surface area contributed by atoms with E-state index in [0.29, 0.717) is 0 Å². The van der Waals surface area contributed by atoms with Gasteiger partial charge in [-0.05, 0) is 12.1 Å². The molecule has 0 spiro atoms. The average Bonchev–Trinajstić information content (AvgIpc) is 1.90. The van der Waals surface area contributed by atoms with E-state index in [-0.39, 0.29) is 20.3 Å².